The van der Waals surface area contributed by atoms with Crippen molar-refractivity contribution in [2.45, 2.75) is 58.2 Å². The van der Waals surface area contributed by atoms with Gasteiger partial charge in [-0.15, -0.1) is 0 Å². The third kappa shape index (κ3) is 7.04. The van der Waals surface area contributed by atoms with Gasteiger partial charge in [-0.25, -0.2) is 0 Å². The third-order valence-corrected chi connectivity index (χ3v) is 5.64. The van der Waals surface area contributed by atoms with Crippen LogP contribution in [0.2, 0.25) is 0 Å². The van der Waals surface area contributed by atoms with Crippen LogP contribution in [0.4, 0.5) is 0 Å². The standard InChI is InChI=1S/C29H34N2O2/c1-22(28(33)30-29(2,3)4)31(21-23-14-8-5-9-15-23)27(32)20-26(24-16-10-6-11-17-24)25-18-12-7-13-19-25/h5-19,22,26H,20-21H2,1-4H3,(H,30,33). The quantitative estimate of drug-likeness (QED) is 0.498. The summed E-state index contributed by atoms with van der Waals surface area (Å²) in [4.78, 5) is 28.5. The van der Waals surface area contributed by atoms with Crippen molar-refractivity contribution in [3.63, 3.8) is 0 Å². The molecular weight excluding hydrogens is 408 g/mol. The molecule has 1 N–H and O–H groups in total. The molecule has 3 rings (SSSR count). The second kappa shape index (κ2) is 11.0. The van der Waals surface area contributed by atoms with Crippen LogP contribution in [0.1, 0.15) is 56.7 Å². The van der Waals surface area contributed by atoms with Gasteiger partial charge in [0.25, 0.3) is 0 Å². The number of hydrogen-bond acceptors (Lipinski definition) is 2. The average Bonchev–Trinajstić information content (AvgIpc) is 2.81. The smallest absolute Gasteiger partial charge is 0.242 e. The van der Waals surface area contributed by atoms with Crippen LogP contribution in [0, 0.1) is 0 Å². The van der Waals surface area contributed by atoms with Gasteiger partial charge in [0.15, 0.2) is 0 Å². The molecule has 3 aromatic carbocycles. The number of hydrogen-bond donors (Lipinski definition) is 1. The minimum atomic E-state index is -0.593. The summed E-state index contributed by atoms with van der Waals surface area (Å²) < 4.78 is 0. The Morgan fingerprint density at radius 3 is 1.70 bits per heavy atom. The molecule has 0 radical (unpaired) electrons. The number of carbonyl (C=O) groups excluding carboxylic acids is 2. The average molecular weight is 443 g/mol. The minimum absolute atomic E-state index is 0.0480. The normalized spacial score (nSPS) is 12.3. The summed E-state index contributed by atoms with van der Waals surface area (Å²) in [5.41, 5.74) is 2.80. The first-order valence-corrected chi connectivity index (χ1v) is 11.5. The second-order valence-electron chi connectivity index (χ2n) is 9.50. The fraction of sp³-hybridized carbons (Fsp3) is 0.310. The van der Waals surface area contributed by atoms with Crippen LogP contribution in [-0.4, -0.2) is 28.3 Å². The first-order chi connectivity index (χ1) is 15.7. The third-order valence-electron chi connectivity index (χ3n) is 5.64. The van der Waals surface area contributed by atoms with E-state index < -0.39 is 6.04 Å². The van der Waals surface area contributed by atoms with Crippen LogP contribution in [0.15, 0.2) is 91.0 Å². The predicted octanol–water partition coefficient (Wildman–Crippen LogP) is 5.54. The molecule has 0 aliphatic carbocycles. The highest BCUT2D eigenvalue weighted by molar-refractivity contribution is 5.88. The van der Waals surface area contributed by atoms with Gasteiger partial charge in [-0.3, -0.25) is 9.59 Å². The van der Waals surface area contributed by atoms with E-state index in [1.54, 1.807) is 4.90 Å². The van der Waals surface area contributed by atoms with Crippen molar-refractivity contribution < 1.29 is 9.59 Å². The summed E-state index contributed by atoms with van der Waals surface area (Å²) in [6.45, 7) is 8.03. The van der Waals surface area contributed by atoms with Crippen molar-refractivity contribution in [3.05, 3.63) is 108 Å². The molecule has 0 aliphatic rings. The van der Waals surface area contributed by atoms with E-state index in [9.17, 15) is 9.59 Å². The van der Waals surface area contributed by atoms with E-state index in [2.05, 4.69) is 29.6 Å². The zero-order valence-corrected chi connectivity index (χ0v) is 20.0. The van der Waals surface area contributed by atoms with Crippen LogP contribution in [-0.2, 0) is 16.1 Å². The van der Waals surface area contributed by atoms with E-state index in [1.807, 2.05) is 94.4 Å². The topological polar surface area (TPSA) is 49.4 Å². The lowest BCUT2D eigenvalue weighted by Crippen LogP contribution is -2.52. The molecule has 1 atom stereocenters. The Hall–Kier alpha value is -3.40. The Balaban J connectivity index is 1.91. The lowest BCUT2D eigenvalue weighted by molar-refractivity contribution is -0.141. The van der Waals surface area contributed by atoms with E-state index in [4.69, 9.17) is 0 Å². The Labute approximate surface area is 197 Å². The summed E-state index contributed by atoms with van der Waals surface area (Å²) in [5.74, 6) is -0.285. The van der Waals surface area contributed by atoms with Crippen molar-refractivity contribution in [2.24, 2.45) is 0 Å². The number of benzene rings is 3. The molecule has 2 amide bonds. The number of carbonyl (C=O) groups is 2. The van der Waals surface area contributed by atoms with Gasteiger partial charge < -0.3 is 10.2 Å². The van der Waals surface area contributed by atoms with Crippen LogP contribution in [0.5, 0.6) is 0 Å². The van der Waals surface area contributed by atoms with Gasteiger partial charge in [0.2, 0.25) is 11.8 Å². The van der Waals surface area contributed by atoms with Crippen molar-refractivity contribution >= 4 is 11.8 Å². The van der Waals surface area contributed by atoms with Crippen molar-refractivity contribution in [1.29, 1.82) is 0 Å². The molecule has 1 unspecified atom stereocenters. The molecular formula is C29H34N2O2. The molecule has 4 nitrogen and oxygen atoms in total. The maximum absolute atomic E-state index is 13.8. The van der Waals surface area contributed by atoms with E-state index in [0.29, 0.717) is 6.54 Å². The lowest BCUT2D eigenvalue weighted by Gasteiger charge is -2.32. The van der Waals surface area contributed by atoms with Crippen LogP contribution in [0.3, 0.4) is 0 Å². The zero-order chi connectivity index (χ0) is 23.8. The first-order valence-electron chi connectivity index (χ1n) is 11.5. The Bertz CT molecular complexity index is 988. The molecule has 0 bridgehead atoms. The molecule has 0 spiro atoms. The van der Waals surface area contributed by atoms with E-state index in [-0.39, 0.29) is 29.7 Å². The Morgan fingerprint density at radius 1 is 0.788 bits per heavy atom. The number of rotatable bonds is 8. The van der Waals surface area contributed by atoms with Gasteiger partial charge in [0, 0.05) is 24.4 Å². The summed E-state index contributed by atoms with van der Waals surface area (Å²) in [6, 6.07) is 29.4. The van der Waals surface area contributed by atoms with Crippen molar-refractivity contribution in [1.82, 2.24) is 10.2 Å². The monoisotopic (exact) mass is 442 g/mol. The van der Waals surface area contributed by atoms with Gasteiger partial charge in [0.05, 0.1) is 0 Å². The van der Waals surface area contributed by atoms with Gasteiger partial charge in [-0.2, -0.15) is 0 Å². The van der Waals surface area contributed by atoms with Gasteiger partial charge in [-0.05, 0) is 44.4 Å². The molecule has 0 aromatic heterocycles. The minimum Gasteiger partial charge on any atom is -0.350 e. The second-order valence-corrected chi connectivity index (χ2v) is 9.50. The summed E-state index contributed by atoms with van der Waals surface area (Å²) in [6.07, 6.45) is 0.286. The molecule has 4 heteroatoms. The molecule has 0 heterocycles. The molecule has 0 saturated carbocycles. The Kier molecular flexibility index (Phi) is 8.05. The molecule has 0 saturated heterocycles. The highest BCUT2D eigenvalue weighted by Crippen LogP contribution is 2.29. The largest absolute Gasteiger partial charge is 0.350 e. The highest BCUT2D eigenvalue weighted by Gasteiger charge is 2.30. The summed E-state index contributed by atoms with van der Waals surface area (Å²) in [5, 5.41) is 3.02. The van der Waals surface area contributed by atoms with Crippen LogP contribution in [0.25, 0.3) is 0 Å². The number of nitrogens with one attached hydrogen (secondary N) is 1. The van der Waals surface area contributed by atoms with Gasteiger partial charge in [0.1, 0.15) is 6.04 Å². The Morgan fingerprint density at radius 2 is 1.24 bits per heavy atom. The van der Waals surface area contributed by atoms with E-state index >= 15 is 0 Å². The van der Waals surface area contributed by atoms with Crippen molar-refractivity contribution in [3.8, 4) is 0 Å². The summed E-state index contributed by atoms with van der Waals surface area (Å²) in [7, 11) is 0. The predicted molar refractivity (Wildman–Crippen MR) is 134 cm³/mol. The fourth-order valence-electron chi connectivity index (χ4n) is 3.93. The van der Waals surface area contributed by atoms with Gasteiger partial charge >= 0.3 is 0 Å². The van der Waals surface area contributed by atoms with Gasteiger partial charge in [-0.1, -0.05) is 91.0 Å². The lowest BCUT2D eigenvalue weighted by atomic mass is 9.88. The SMILES string of the molecule is CC(C(=O)NC(C)(C)C)N(Cc1ccccc1)C(=O)CC(c1ccccc1)c1ccccc1. The maximum atomic E-state index is 13.8. The number of amides is 2. The van der Waals surface area contributed by atoms with E-state index in [1.165, 1.54) is 0 Å². The number of nitrogens with zero attached hydrogens (tertiary/aromatic N) is 1. The molecule has 172 valence electrons. The van der Waals surface area contributed by atoms with Crippen LogP contribution >= 0.6 is 0 Å². The fourth-order valence-corrected chi connectivity index (χ4v) is 3.93. The zero-order valence-electron chi connectivity index (χ0n) is 20.0. The van der Waals surface area contributed by atoms with Crippen LogP contribution < -0.4 is 5.32 Å². The molecule has 0 aliphatic heterocycles. The van der Waals surface area contributed by atoms with E-state index in [0.717, 1.165) is 16.7 Å². The van der Waals surface area contributed by atoms with Crippen molar-refractivity contribution in [2.75, 3.05) is 0 Å². The molecule has 3 aromatic rings. The first kappa shape index (κ1) is 24.2. The molecule has 33 heavy (non-hydrogen) atoms. The summed E-state index contributed by atoms with van der Waals surface area (Å²) >= 11 is 0. The highest BCUT2D eigenvalue weighted by atomic mass is 16.2. The molecule has 0 fully saturated rings. The maximum Gasteiger partial charge on any atom is 0.242 e.